The maximum Gasteiger partial charge on any atom is 0.193 e. The number of aliphatic imine (C=N–C) groups is 1. The molecule has 0 bridgehead atoms. The molecule has 2 rings (SSSR count). The first-order valence-corrected chi connectivity index (χ1v) is 9.81. The Morgan fingerprint density at radius 2 is 1.79 bits per heavy atom. The molecule has 8 heteroatoms. The minimum atomic E-state index is 0. The molecule has 0 aliphatic carbocycles. The molecular weight excluding hydrogens is 489 g/mol. The van der Waals surface area contributed by atoms with E-state index in [1.807, 2.05) is 12.1 Å². The minimum absolute atomic E-state index is 0. The molecule has 0 atom stereocenters. The minimum Gasteiger partial charge on any atom is -0.496 e. The molecule has 1 N–H and O–H groups in total. The van der Waals surface area contributed by atoms with Gasteiger partial charge in [0.2, 0.25) is 0 Å². The number of rotatable bonds is 9. The Balaban J connectivity index is 0.00000392. The van der Waals surface area contributed by atoms with Gasteiger partial charge >= 0.3 is 0 Å². The number of benzene rings is 1. The van der Waals surface area contributed by atoms with Crippen LogP contribution in [0.1, 0.15) is 17.4 Å². The number of likely N-dealkylation sites (N-methyl/N-ethyl adjacent to an activating group) is 1. The summed E-state index contributed by atoms with van der Waals surface area (Å²) >= 11 is 1.78. The lowest BCUT2D eigenvalue weighted by Crippen LogP contribution is -2.39. The van der Waals surface area contributed by atoms with Gasteiger partial charge in [0.25, 0.3) is 0 Å². The van der Waals surface area contributed by atoms with Gasteiger partial charge in [-0.05, 0) is 30.9 Å². The number of halogens is 1. The summed E-state index contributed by atoms with van der Waals surface area (Å²) in [6.07, 6.45) is 0.998. The second-order valence-electron chi connectivity index (χ2n) is 5.94. The third-order valence-electron chi connectivity index (χ3n) is 4.16. The second kappa shape index (κ2) is 12.7. The van der Waals surface area contributed by atoms with E-state index < -0.39 is 0 Å². The first-order chi connectivity index (χ1) is 13.1. The highest BCUT2D eigenvalue weighted by atomic mass is 127. The average molecular weight is 519 g/mol. The van der Waals surface area contributed by atoms with Crippen molar-refractivity contribution >= 4 is 41.3 Å². The smallest absolute Gasteiger partial charge is 0.193 e. The van der Waals surface area contributed by atoms with Crippen LogP contribution in [0.15, 0.2) is 34.6 Å². The van der Waals surface area contributed by atoms with Crippen LogP contribution in [0.3, 0.4) is 0 Å². The van der Waals surface area contributed by atoms with Gasteiger partial charge in [0.1, 0.15) is 5.75 Å². The number of thiophene rings is 1. The van der Waals surface area contributed by atoms with E-state index >= 15 is 0 Å². The van der Waals surface area contributed by atoms with Crippen molar-refractivity contribution < 1.29 is 14.2 Å². The topological polar surface area (TPSA) is 55.3 Å². The third kappa shape index (κ3) is 6.73. The van der Waals surface area contributed by atoms with Crippen molar-refractivity contribution in [1.29, 1.82) is 0 Å². The predicted octanol–water partition coefficient (Wildman–Crippen LogP) is 4.03. The van der Waals surface area contributed by atoms with Crippen LogP contribution in [0.25, 0.3) is 0 Å². The van der Waals surface area contributed by atoms with Crippen molar-refractivity contribution in [3.8, 4) is 17.2 Å². The molecule has 1 aromatic carbocycles. The Morgan fingerprint density at radius 3 is 2.36 bits per heavy atom. The van der Waals surface area contributed by atoms with Crippen molar-refractivity contribution in [2.24, 2.45) is 4.99 Å². The van der Waals surface area contributed by atoms with Crippen molar-refractivity contribution in [3.63, 3.8) is 0 Å². The van der Waals surface area contributed by atoms with Crippen molar-refractivity contribution in [2.75, 3.05) is 41.5 Å². The van der Waals surface area contributed by atoms with Gasteiger partial charge in [-0.2, -0.15) is 0 Å². The van der Waals surface area contributed by atoms with Gasteiger partial charge in [0.05, 0.1) is 27.9 Å². The molecule has 0 aliphatic heterocycles. The second-order valence-corrected chi connectivity index (χ2v) is 6.97. The standard InChI is InChI=1S/C20H29N3O3S.HI/c1-6-21-20(23(2)10-9-16-8-7-11-27-16)22-14-15-12-18(25-4)19(26-5)13-17(15)24-3;/h7-8,11-13H,6,9-10,14H2,1-5H3,(H,21,22);1H. The SMILES string of the molecule is CCNC(=NCc1cc(OC)c(OC)cc1OC)N(C)CCc1cccs1.I. The fourth-order valence-corrected chi connectivity index (χ4v) is 3.38. The molecule has 1 aromatic heterocycles. The molecule has 0 saturated heterocycles. The van der Waals surface area contributed by atoms with E-state index in [9.17, 15) is 0 Å². The molecule has 1 heterocycles. The molecule has 0 aliphatic rings. The highest BCUT2D eigenvalue weighted by Gasteiger charge is 2.13. The van der Waals surface area contributed by atoms with Gasteiger partial charge in [0, 0.05) is 36.6 Å². The Labute approximate surface area is 188 Å². The van der Waals surface area contributed by atoms with Crippen LogP contribution >= 0.6 is 35.3 Å². The van der Waals surface area contributed by atoms with Gasteiger partial charge in [-0.1, -0.05) is 6.07 Å². The highest BCUT2D eigenvalue weighted by Crippen LogP contribution is 2.34. The summed E-state index contributed by atoms with van der Waals surface area (Å²) in [5.74, 6) is 2.90. The number of ether oxygens (including phenoxy) is 3. The first kappa shape index (κ1) is 24.4. The van der Waals surface area contributed by atoms with E-state index in [0.29, 0.717) is 18.0 Å². The zero-order chi connectivity index (χ0) is 19.6. The van der Waals surface area contributed by atoms with Crippen molar-refractivity contribution in [3.05, 3.63) is 40.1 Å². The number of hydrogen-bond acceptors (Lipinski definition) is 5. The number of methoxy groups -OCH3 is 3. The molecular formula is C20H30IN3O3S. The summed E-state index contributed by atoms with van der Waals surface area (Å²) in [7, 11) is 6.94. The van der Waals surface area contributed by atoms with Crippen molar-refractivity contribution in [1.82, 2.24) is 10.2 Å². The van der Waals surface area contributed by atoms with E-state index in [1.54, 1.807) is 32.7 Å². The summed E-state index contributed by atoms with van der Waals surface area (Å²) in [5.41, 5.74) is 0.942. The van der Waals surface area contributed by atoms with Crippen LogP contribution in [0.4, 0.5) is 0 Å². The molecule has 28 heavy (non-hydrogen) atoms. The Kier molecular flexibility index (Phi) is 11.1. The summed E-state index contributed by atoms with van der Waals surface area (Å²) in [4.78, 5) is 8.31. The number of nitrogens with zero attached hydrogens (tertiary/aromatic N) is 2. The molecule has 0 radical (unpaired) electrons. The molecule has 6 nitrogen and oxygen atoms in total. The van der Waals surface area contributed by atoms with E-state index in [4.69, 9.17) is 19.2 Å². The zero-order valence-corrected chi connectivity index (χ0v) is 20.3. The largest absolute Gasteiger partial charge is 0.496 e. The van der Waals surface area contributed by atoms with Crippen LogP contribution in [0.5, 0.6) is 17.2 Å². The third-order valence-corrected chi connectivity index (χ3v) is 5.09. The summed E-state index contributed by atoms with van der Waals surface area (Å²) in [6, 6.07) is 7.99. The van der Waals surface area contributed by atoms with Crippen LogP contribution in [0, 0.1) is 0 Å². The molecule has 156 valence electrons. The van der Waals surface area contributed by atoms with E-state index in [1.165, 1.54) is 4.88 Å². The maximum absolute atomic E-state index is 5.50. The first-order valence-electron chi connectivity index (χ1n) is 8.93. The van der Waals surface area contributed by atoms with Crippen LogP contribution in [0.2, 0.25) is 0 Å². The van der Waals surface area contributed by atoms with E-state index in [-0.39, 0.29) is 24.0 Å². The van der Waals surface area contributed by atoms with Crippen molar-refractivity contribution in [2.45, 2.75) is 19.9 Å². The summed E-state index contributed by atoms with van der Waals surface area (Å²) < 4.78 is 16.2. The van der Waals surface area contributed by atoms with Crippen LogP contribution in [-0.2, 0) is 13.0 Å². The maximum atomic E-state index is 5.50. The van der Waals surface area contributed by atoms with E-state index in [0.717, 1.165) is 36.8 Å². The number of nitrogens with one attached hydrogen (secondary N) is 1. The summed E-state index contributed by atoms with van der Waals surface area (Å²) in [5, 5.41) is 5.46. The monoisotopic (exact) mass is 519 g/mol. The molecule has 0 unspecified atom stereocenters. The molecule has 2 aromatic rings. The van der Waals surface area contributed by atoms with Crippen LogP contribution < -0.4 is 19.5 Å². The lowest BCUT2D eigenvalue weighted by molar-refractivity contribution is 0.347. The quantitative estimate of drug-likeness (QED) is 0.308. The number of hydrogen-bond donors (Lipinski definition) is 1. The lowest BCUT2D eigenvalue weighted by atomic mass is 10.1. The van der Waals surface area contributed by atoms with Gasteiger partial charge in [-0.15, -0.1) is 35.3 Å². The molecule has 0 fully saturated rings. The normalized spacial score (nSPS) is 10.8. The van der Waals surface area contributed by atoms with Crippen LogP contribution in [-0.4, -0.2) is 52.3 Å². The predicted molar refractivity (Wildman–Crippen MR) is 127 cm³/mol. The molecule has 0 saturated carbocycles. The number of guanidine groups is 1. The van der Waals surface area contributed by atoms with Gasteiger partial charge in [-0.25, -0.2) is 4.99 Å². The molecule has 0 spiro atoms. The van der Waals surface area contributed by atoms with Gasteiger partial charge in [0.15, 0.2) is 17.5 Å². The van der Waals surface area contributed by atoms with Gasteiger partial charge in [-0.3, -0.25) is 0 Å². The fraction of sp³-hybridized carbons (Fsp3) is 0.450. The zero-order valence-electron chi connectivity index (χ0n) is 17.2. The Bertz CT molecular complexity index is 739. The fourth-order valence-electron chi connectivity index (χ4n) is 2.68. The Morgan fingerprint density at radius 1 is 1.11 bits per heavy atom. The average Bonchev–Trinajstić information content (AvgIpc) is 3.22. The summed E-state index contributed by atoms with van der Waals surface area (Å²) in [6.45, 7) is 4.26. The van der Waals surface area contributed by atoms with Gasteiger partial charge < -0.3 is 24.4 Å². The highest BCUT2D eigenvalue weighted by molar-refractivity contribution is 14.0. The molecule has 0 amide bonds. The Hall–Kier alpha value is -1.68. The lowest BCUT2D eigenvalue weighted by Gasteiger charge is -2.22. The van der Waals surface area contributed by atoms with E-state index in [2.05, 4.69) is 41.7 Å².